The summed E-state index contributed by atoms with van der Waals surface area (Å²) in [6.45, 7) is 8.37. The summed E-state index contributed by atoms with van der Waals surface area (Å²) in [6, 6.07) is 7.48. The Balaban J connectivity index is 1.96. The van der Waals surface area contributed by atoms with Gasteiger partial charge in [0.1, 0.15) is 12.4 Å². The highest BCUT2D eigenvalue weighted by molar-refractivity contribution is 7.11. The van der Waals surface area contributed by atoms with Gasteiger partial charge in [0.05, 0.1) is 15.6 Å². The summed E-state index contributed by atoms with van der Waals surface area (Å²) in [5.74, 6) is 0.775. The number of carbonyl (C=O) groups is 1. The molecule has 23 heavy (non-hydrogen) atoms. The van der Waals surface area contributed by atoms with Crippen LogP contribution >= 0.6 is 11.3 Å². The zero-order valence-electron chi connectivity index (χ0n) is 14.2. The van der Waals surface area contributed by atoms with Crippen LogP contribution in [-0.2, 0) is 6.61 Å². The van der Waals surface area contributed by atoms with Crippen molar-refractivity contribution in [2.45, 2.75) is 40.3 Å². The molecule has 5 nitrogen and oxygen atoms in total. The van der Waals surface area contributed by atoms with Crippen LogP contribution < -0.4 is 15.0 Å². The SMILES string of the molecule is Cc1nc(C)c(COc2ccc(N(C)C(=O)NC(C)C)cc2)s1. The molecule has 2 aromatic rings. The third-order valence-corrected chi connectivity index (χ3v) is 4.36. The first-order valence-corrected chi connectivity index (χ1v) is 8.38. The van der Waals surface area contributed by atoms with Crippen LogP contribution in [0.25, 0.3) is 0 Å². The first-order chi connectivity index (χ1) is 10.9. The van der Waals surface area contributed by atoms with E-state index in [2.05, 4.69) is 10.3 Å². The van der Waals surface area contributed by atoms with E-state index in [0.717, 1.165) is 27.0 Å². The molecule has 2 rings (SSSR count). The minimum absolute atomic E-state index is 0.110. The third-order valence-electron chi connectivity index (χ3n) is 3.31. The van der Waals surface area contributed by atoms with Crippen LogP contribution in [0.5, 0.6) is 5.75 Å². The van der Waals surface area contributed by atoms with E-state index in [0.29, 0.717) is 6.61 Å². The molecule has 0 saturated heterocycles. The molecule has 0 bridgehead atoms. The number of thiazole rings is 1. The Labute approximate surface area is 141 Å². The average Bonchev–Trinajstić information content (AvgIpc) is 2.82. The number of aromatic nitrogens is 1. The van der Waals surface area contributed by atoms with E-state index in [4.69, 9.17) is 4.74 Å². The second kappa shape index (κ2) is 7.46. The van der Waals surface area contributed by atoms with Crippen molar-refractivity contribution >= 4 is 23.1 Å². The van der Waals surface area contributed by atoms with E-state index in [1.807, 2.05) is 52.0 Å². The lowest BCUT2D eigenvalue weighted by molar-refractivity contribution is 0.245. The quantitative estimate of drug-likeness (QED) is 0.903. The largest absolute Gasteiger partial charge is 0.488 e. The van der Waals surface area contributed by atoms with Gasteiger partial charge >= 0.3 is 6.03 Å². The highest BCUT2D eigenvalue weighted by Crippen LogP contribution is 2.22. The number of hydrogen-bond donors (Lipinski definition) is 1. The fraction of sp³-hybridized carbons (Fsp3) is 0.412. The lowest BCUT2D eigenvalue weighted by Gasteiger charge is -2.20. The summed E-state index contributed by atoms with van der Waals surface area (Å²) >= 11 is 1.65. The Morgan fingerprint density at radius 2 is 1.96 bits per heavy atom. The highest BCUT2D eigenvalue weighted by Gasteiger charge is 2.11. The van der Waals surface area contributed by atoms with Gasteiger partial charge in [0.2, 0.25) is 0 Å². The molecule has 0 aliphatic heterocycles. The molecule has 0 aliphatic carbocycles. The van der Waals surface area contributed by atoms with Crippen LogP contribution in [-0.4, -0.2) is 24.1 Å². The van der Waals surface area contributed by atoms with Crippen molar-refractivity contribution in [3.63, 3.8) is 0 Å². The number of benzene rings is 1. The summed E-state index contributed by atoms with van der Waals surface area (Å²) < 4.78 is 5.80. The van der Waals surface area contributed by atoms with Gasteiger partial charge in [-0.3, -0.25) is 4.90 Å². The maximum atomic E-state index is 12.0. The monoisotopic (exact) mass is 333 g/mol. The van der Waals surface area contributed by atoms with Gasteiger partial charge in [0.25, 0.3) is 0 Å². The minimum atomic E-state index is -0.121. The molecule has 1 aromatic carbocycles. The standard InChI is InChI=1S/C17H23N3O2S/c1-11(2)18-17(21)20(5)14-6-8-15(9-7-14)22-10-16-12(3)19-13(4)23-16/h6-9,11H,10H2,1-5H3,(H,18,21). The van der Waals surface area contributed by atoms with Crippen LogP contribution in [0.2, 0.25) is 0 Å². The van der Waals surface area contributed by atoms with Crippen molar-refractivity contribution in [3.8, 4) is 5.75 Å². The summed E-state index contributed by atoms with van der Waals surface area (Å²) in [5, 5.41) is 3.91. The van der Waals surface area contributed by atoms with Gasteiger partial charge in [-0.05, 0) is 52.0 Å². The molecule has 0 unspecified atom stereocenters. The lowest BCUT2D eigenvalue weighted by atomic mass is 10.3. The number of ether oxygens (including phenoxy) is 1. The summed E-state index contributed by atoms with van der Waals surface area (Å²) in [5.41, 5.74) is 1.84. The van der Waals surface area contributed by atoms with Crippen molar-refractivity contribution in [1.29, 1.82) is 0 Å². The van der Waals surface area contributed by atoms with Gasteiger partial charge in [-0.15, -0.1) is 11.3 Å². The molecule has 1 aromatic heterocycles. The normalized spacial score (nSPS) is 10.7. The smallest absolute Gasteiger partial charge is 0.321 e. The van der Waals surface area contributed by atoms with Crippen molar-refractivity contribution in [2.24, 2.45) is 0 Å². The maximum absolute atomic E-state index is 12.0. The number of nitrogens with zero attached hydrogens (tertiary/aromatic N) is 2. The molecule has 0 fully saturated rings. The number of rotatable bonds is 5. The zero-order valence-corrected chi connectivity index (χ0v) is 15.0. The molecule has 2 amide bonds. The van der Waals surface area contributed by atoms with Gasteiger partial charge in [0.15, 0.2) is 0 Å². The highest BCUT2D eigenvalue weighted by atomic mass is 32.1. The second-order valence-corrected chi connectivity index (χ2v) is 6.97. The number of urea groups is 1. The van der Waals surface area contributed by atoms with Crippen molar-refractivity contribution < 1.29 is 9.53 Å². The van der Waals surface area contributed by atoms with E-state index in [9.17, 15) is 4.79 Å². The first-order valence-electron chi connectivity index (χ1n) is 7.57. The van der Waals surface area contributed by atoms with E-state index in [1.54, 1.807) is 23.3 Å². The van der Waals surface area contributed by atoms with Gasteiger partial charge in [-0.1, -0.05) is 0 Å². The molecule has 1 heterocycles. The number of hydrogen-bond acceptors (Lipinski definition) is 4. The summed E-state index contributed by atoms with van der Waals surface area (Å²) in [6.07, 6.45) is 0. The molecule has 124 valence electrons. The molecule has 0 aliphatic rings. The zero-order chi connectivity index (χ0) is 17.0. The third kappa shape index (κ3) is 4.69. The Kier molecular flexibility index (Phi) is 5.60. The predicted octanol–water partition coefficient (Wildman–Crippen LogP) is 3.89. The van der Waals surface area contributed by atoms with Gasteiger partial charge < -0.3 is 10.1 Å². The second-order valence-electron chi connectivity index (χ2n) is 5.69. The van der Waals surface area contributed by atoms with E-state index in [1.165, 1.54) is 0 Å². The molecular weight excluding hydrogens is 310 g/mol. The molecular formula is C17H23N3O2S. The van der Waals surface area contributed by atoms with Crippen molar-refractivity contribution in [1.82, 2.24) is 10.3 Å². The van der Waals surface area contributed by atoms with E-state index in [-0.39, 0.29) is 12.1 Å². The van der Waals surface area contributed by atoms with Gasteiger partial charge in [-0.25, -0.2) is 9.78 Å². The summed E-state index contributed by atoms with van der Waals surface area (Å²) in [4.78, 5) is 19.1. The van der Waals surface area contributed by atoms with Crippen molar-refractivity contribution in [2.75, 3.05) is 11.9 Å². The molecule has 0 radical (unpaired) electrons. The van der Waals surface area contributed by atoms with E-state index >= 15 is 0 Å². The minimum Gasteiger partial charge on any atom is -0.488 e. The number of carbonyl (C=O) groups excluding carboxylic acids is 1. The molecule has 0 spiro atoms. The Morgan fingerprint density at radius 1 is 1.30 bits per heavy atom. The number of anilines is 1. The Hall–Kier alpha value is -2.08. The van der Waals surface area contributed by atoms with Gasteiger partial charge in [-0.2, -0.15) is 0 Å². The number of amides is 2. The molecule has 0 atom stereocenters. The maximum Gasteiger partial charge on any atom is 0.321 e. The van der Waals surface area contributed by atoms with Crippen molar-refractivity contribution in [3.05, 3.63) is 39.8 Å². The first kappa shape index (κ1) is 17.3. The van der Waals surface area contributed by atoms with Crippen LogP contribution in [0.15, 0.2) is 24.3 Å². The van der Waals surface area contributed by atoms with Crippen LogP contribution in [0, 0.1) is 13.8 Å². The Morgan fingerprint density at radius 3 is 2.48 bits per heavy atom. The molecule has 6 heteroatoms. The fourth-order valence-corrected chi connectivity index (χ4v) is 2.93. The number of nitrogens with one attached hydrogen (secondary N) is 1. The van der Waals surface area contributed by atoms with Crippen LogP contribution in [0.4, 0.5) is 10.5 Å². The Bertz CT molecular complexity index is 665. The van der Waals surface area contributed by atoms with Gasteiger partial charge in [0, 0.05) is 18.8 Å². The number of aryl methyl sites for hydroxylation is 2. The summed E-state index contributed by atoms with van der Waals surface area (Å²) in [7, 11) is 1.75. The fourth-order valence-electron chi connectivity index (χ4n) is 2.08. The van der Waals surface area contributed by atoms with E-state index < -0.39 is 0 Å². The average molecular weight is 333 g/mol. The molecule has 0 saturated carbocycles. The van der Waals surface area contributed by atoms with Crippen LogP contribution in [0.1, 0.15) is 29.4 Å². The lowest BCUT2D eigenvalue weighted by Crippen LogP contribution is -2.40. The predicted molar refractivity (Wildman–Crippen MR) is 94.4 cm³/mol. The van der Waals surface area contributed by atoms with Crippen LogP contribution in [0.3, 0.4) is 0 Å². The topological polar surface area (TPSA) is 54.5 Å². The molecule has 1 N–H and O–H groups in total.